The number of nitrogens with zero attached hydrogens (tertiary/aromatic N) is 6. The van der Waals surface area contributed by atoms with Crippen LogP contribution in [0.2, 0.25) is 20.6 Å². The number of carbonyl (C=O) groups is 4. The summed E-state index contributed by atoms with van der Waals surface area (Å²) in [6.07, 6.45) is -0.682. The molecule has 604 valence electrons. The van der Waals surface area contributed by atoms with Gasteiger partial charge in [-0.3, -0.25) is 14.4 Å². The fraction of sp³-hybridized carbons (Fsp3) is 0.468. The van der Waals surface area contributed by atoms with Crippen LogP contribution in [-0.2, 0) is 64.5 Å². The second-order valence-corrected chi connectivity index (χ2v) is 25.9. The zero-order chi connectivity index (χ0) is 83.5. The summed E-state index contributed by atoms with van der Waals surface area (Å²) in [6.45, 7) is 26.8. The lowest BCUT2D eigenvalue weighted by Crippen LogP contribution is -2.25. The SMILES string of the molecule is COC(=O)C1=C(O)c2cc(C(C)OC)c(C)c(=O)n2C1.COC(=O)c1cc(C(C)OC)c(C)c(=O)[nH]1.COC(=O)c1cc(C(C)OC)c(C)c(OC)n1.COc1nc(Cl)cc(C(C)=O)c1C.COc1nc(Cl)cc(C(C)OC)c1C.COc1nc(Cl)cc(C(C)OC)c1C.COc1nc(Cl)cc(C2(C)OCCO2)c1C. The van der Waals surface area contributed by atoms with Crippen LogP contribution in [0.15, 0.2) is 57.6 Å². The highest BCUT2D eigenvalue weighted by Crippen LogP contribution is 2.38. The Morgan fingerprint density at radius 1 is 0.464 bits per heavy atom. The Bertz CT molecular complexity index is 4420. The van der Waals surface area contributed by atoms with E-state index in [9.17, 15) is 33.9 Å². The van der Waals surface area contributed by atoms with Crippen LogP contribution in [0.25, 0.3) is 5.76 Å². The first-order valence-electron chi connectivity index (χ1n) is 33.8. The molecule has 5 unspecified atom stereocenters. The summed E-state index contributed by atoms with van der Waals surface area (Å²) in [5, 5.41) is 11.6. The van der Waals surface area contributed by atoms with Crippen molar-refractivity contribution in [3.63, 3.8) is 0 Å². The highest BCUT2D eigenvalue weighted by atomic mass is 35.5. The third-order valence-corrected chi connectivity index (χ3v) is 18.5. The second kappa shape index (κ2) is 44.9. The van der Waals surface area contributed by atoms with Gasteiger partial charge in [-0.25, -0.2) is 39.3 Å². The topological polar surface area (TPSA) is 346 Å². The molecular weight excluding hydrogens is 1520 g/mol. The number of aromatic amines is 1. The van der Waals surface area contributed by atoms with Crippen LogP contribution in [0, 0.1) is 48.5 Å². The van der Waals surface area contributed by atoms with E-state index in [1.165, 1.54) is 47.0 Å². The number of H-pyrrole nitrogens is 1. The summed E-state index contributed by atoms with van der Waals surface area (Å²) in [4.78, 5) is 92.1. The molecule has 0 radical (unpaired) electrons. The molecule has 0 amide bonds. The lowest BCUT2D eigenvalue weighted by atomic mass is 10.0. The summed E-state index contributed by atoms with van der Waals surface area (Å²) in [5.41, 5.74) is 11.4. The minimum Gasteiger partial charge on any atom is -0.505 e. The highest BCUT2D eigenvalue weighted by molar-refractivity contribution is 6.30. The normalized spacial score (nSPS) is 13.5. The van der Waals surface area contributed by atoms with Gasteiger partial charge in [0.1, 0.15) is 31.9 Å². The molecule has 0 saturated carbocycles. The molecule has 110 heavy (non-hydrogen) atoms. The van der Waals surface area contributed by atoms with Gasteiger partial charge in [0.2, 0.25) is 29.4 Å². The first kappa shape index (κ1) is 95.4. The number of ether oxygens (including phenoxy) is 15. The number of hydrogen-bond acceptors (Lipinski definition) is 27. The van der Waals surface area contributed by atoms with Crippen LogP contribution in [0.5, 0.6) is 29.4 Å². The Hall–Kier alpha value is -8.85. The summed E-state index contributed by atoms with van der Waals surface area (Å²) in [6, 6.07) is 11.8. The predicted octanol–water partition coefficient (Wildman–Crippen LogP) is 14.4. The lowest BCUT2D eigenvalue weighted by molar-refractivity contribution is -0.150. The molecule has 2 aliphatic heterocycles. The molecule has 29 nitrogen and oxygen atoms in total. The number of ketones is 1. The molecule has 0 bridgehead atoms. The van der Waals surface area contributed by atoms with E-state index >= 15 is 0 Å². The summed E-state index contributed by atoms with van der Waals surface area (Å²) >= 11 is 23.4. The van der Waals surface area contributed by atoms with Crippen LogP contribution < -0.4 is 34.8 Å². The van der Waals surface area contributed by atoms with E-state index in [-0.39, 0.29) is 81.8 Å². The van der Waals surface area contributed by atoms with Crippen LogP contribution in [0.1, 0.15) is 188 Å². The Kier molecular flexibility index (Phi) is 38.9. The van der Waals surface area contributed by atoms with Crippen molar-refractivity contribution in [1.29, 1.82) is 0 Å². The number of carbonyl (C=O) groups excluding carboxylic acids is 4. The summed E-state index contributed by atoms with van der Waals surface area (Å²) in [5.74, 6) is -0.276. The molecule has 2 aliphatic rings. The van der Waals surface area contributed by atoms with E-state index in [1.54, 1.807) is 120 Å². The van der Waals surface area contributed by atoms with Crippen molar-refractivity contribution in [3.05, 3.63) is 184 Å². The maximum absolute atomic E-state index is 12.3. The molecule has 33 heteroatoms. The fourth-order valence-corrected chi connectivity index (χ4v) is 11.7. The van der Waals surface area contributed by atoms with Crippen LogP contribution in [0.3, 0.4) is 0 Å². The molecule has 9 rings (SSSR count). The van der Waals surface area contributed by atoms with Crippen molar-refractivity contribution >= 4 is 75.9 Å². The minimum absolute atomic E-state index is 0.00981. The number of aliphatic hydroxyl groups excluding tert-OH is 1. The van der Waals surface area contributed by atoms with Gasteiger partial charge < -0.3 is 85.7 Å². The van der Waals surface area contributed by atoms with Crippen LogP contribution in [0.4, 0.5) is 0 Å². The molecule has 1 fully saturated rings. The largest absolute Gasteiger partial charge is 0.505 e. The van der Waals surface area contributed by atoms with E-state index in [0.29, 0.717) is 91.6 Å². The van der Waals surface area contributed by atoms with E-state index in [0.717, 1.165) is 50.1 Å². The second-order valence-electron chi connectivity index (χ2n) is 24.3. The summed E-state index contributed by atoms with van der Waals surface area (Å²) < 4.78 is 77.9. The van der Waals surface area contributed by atoms with Gasteiger partial charge in [-0.1, -0.05) is 46.4 Å². The predicted molar refractivity (Wildman–Crippen MR) is 416 cm³/mol. The standard InChI is InChI=1S/C14H17NO5.C12H17NO4.C11H14ClNO3.C11H15NO4.2C10H14ClNO2.C9H10ClNO2/c1-7-9(8(2)19-3)5-11-12(16)10(14(18)20-4)6-15(11)13(7)17;1-7-9(8(2)15-3)6-10(12(14)17-5)13-11(7)16-4;1-7-8(11(2)15-4-5-16-11)6-9(12)13-10(7)14-3;1-6-8(7(2)15-3)5-9(11(14)16-4)12-10(6)13;2*1-6-8(7(2)13-3)5-9(11)12-10(6)14-4;1-5-7(6(2)12)4-8(10)11-9(5)13-3/h5,8,16H,6H2,1-4H3;6,8H,1-5H3;6H,4-5H2,1-3H3;5,7H,1-4H3,(H,12,13);2*5,7H,1-4H3;4H,1-3H3. The monoisotopic (exact) mass is 1620 g/mol. The van der Waals surface area contributed by atoms with Gasteiger partial charge >= 0.3 is 17.9 Å². The zero-order valence-corrected chi connectivity index (χ0v) is 70.3. The van der Waals surface area contributed by atoms with Crippen molar-refractivity contribution in [2.45, 2.75) is 140 Å². The Morgan fingerprint density at radius 2 is 0.818 bits per heavy atom. The Balaban J connectivity index is 0.000000334. The van der Waals surface area contributed by atoms with Crippen LogP contribution >= 0.6 is 46.4 Å². The fourth-order valence-electron chi connectivity index (χ4n) is 11.0. The van der Waals surface area contributed by atoms with Crippen molar-refractivity contribution < 1.29 is 95.3 Å². The number of rotatable bonds is 20. The molecular formula is C77H101Cl4N7O22. The van der Waals surface area contributed by atoms with Crippen molar-refractivity contribution in [3.8, 4) is 29.4 Å². The van der Waals surface area contributed by atoms with E-state index < -0.39 is 23.7 Å². The number of Topliss-reactive ketones (excluding diaryl/α,β-unsaturated/α-hetero) is 1. The number of aromatic nitrogens is 7. The Morgan fingerprint density at radius 3 is 1.21 bits per heavy atom. The third kappa shape index (κ3) is 24.8. The maximum Gasteiger partial charge on any atom is 0.356 e. The average Bonchev–Trinajstić information content (AvgIpc) is 1.62. The van der Waals surface area contributed by atoms with Crippen molar-refractivity contribution in [1.82, 2.24) is 34.5 Å². The van der Waals surface area contributed by atoms with Gasteiger partial charge in [0, 0.05) is 85.6 Å². The van der Waals surface area contributed by atoms with E-state index in [2.05, 4.69) is 44.1 Å². The van der Waals surface area contributed by atoms with Gasteiger partial charge in [-0.05, 0) is 167 Å². The van der Waals surface area contributed by atoms with Gasteiger partial charge in [0.05, 0.1) is 113 Å². The molecule has 9 heterocycles. The van der Waals surface area contributed by atoms with Gasteiger partial charge in [0.15, 0.2) is 23.0 Å². The number of aliphatic hydroxyl groups is 1. The molecule has 5 atom stereocenters. The quantitative estimate of drug-likeness (QED) is 0.0310. The van der Waals surface area contributed by atoms with Gasteiger partial charge in [-0.2, -0.15) is 0 Å². The Labute approximate surface area is 661 Å². The molecule has 0 aliphatic carbocycles. The highest BCUT2D eigenvalue weighted by Gasteiger charge is 2.36. The first-order chi connectivity index (χ1) is 51.8. The van der Waals surface area contributed by atoms with E-state index in [1.807, 2.05) is 69.2 Å². The molecule has 0 aromatic carbocycles. The summed E-state index contributed by atoms with van der Waals surface area (Å²) in [7, 11) is 19.5. The number of halogens is 4. The molecule has 7 aromatic rings. The lowest BCUT2D eigenvalue weighted by Gasteiger charge is -2.25. The first-order valence-corrected chi connectivity index (χ1v) is 35.3. The number of hydrogen-bond donors (Lipinski definition) is 2. The molecule has 2 N–H and O–H groups in total. The average molecular weight is 1620 g/mol. The molecule has 7 aromatic heterocycles. The smallest absolute Gasteiger partial charge is 0.356 e. The van der Waals surface area contributed by atoms with Gasteiger partial charge in [-0.15, -0.1) is 0 Å². The number of esters is 3. The number of methoxy groups -OCH3 is 13. The van der Waals surface area contributed by atoms with E-state index in [4.69, 9.17) is 103 Å². The van der Waals surface area contributed by atoms with Crippen LogP contribution in [-0.4, -0.2) is 169 Å². The van der Waals surface area contributed by atoms with Crippen molar-refractivity contribution in [2.24, 2.45) is 0 Å². The number of nitrogens with one attached hydrogen (secondary N) is 1. The zero-order valence-electron chi connectivity index (χ0n) is 67.3. The molecule has 0 spiro atoms. The maximum atomic E-state index is 12.3. The molecule has 1 saturated heterocycles. The van der Waals surface area contributed by atoms with Crippen molar-refractivity contribution in [2.75, 3.05) is 106 Å². The minimum atomic E-state index is -0.746. The third-order valence-electron chi connectivity index (χ3n) is 17.7. The van der Waals surface area contributed by atoms with Gasteiger partial charge in [0.25, 0.3) is 11.1 Å². The number of pyridine rings is 7. The number of fused-ring (bicyclic) bond motifs is 1.